The molecule has 43 valence electrons. The summed E-state index contributed by atoms with van der Waals surface area (Å²) in [5, 5.41) is 0. The molecule has 0 bridgehead atoms. The molecule has 8 heteroatoms. The fourth-order valence-corrected chi connectivity index (χ4v) is 0. The van der Waals surface area contributed by atoms with Crippen molar-refractivity contribution in [3.05, 3.63) is 0 Å². The van der Waals surface area contributed by atoms with Crippen molar-refractivity contribution < 1.29 is 35.7 Å². The monoisotopic (exact) mass is 399 g/mol. The first-order valence-corrected chi connectivity index (χ1v) is 1.60. The van der Waals surface area contributed by atoms with E-state index < -0.39 is 11.4 Å². The van der Waals surface area contributed by atoms with E-state index in [1.54, 1.807) is 0 Å². The summed E-state index contributed by atoms with van der Waals surface area (Å²) in [6.07, 6.45) is 0. The van der Waals surface area contributed by atoms with Gasteiger partial charge in [0.25, 0.3) is 11.4 Å². The summed E-state index contributed by atoms with van der Waals surface area (Å²) < 4.78 is 22.8. The Hall–Kier alpha value is 5.72. The average Bonchev–Trinajstić information content (AvgIpc) is 0.811. The quantitative estimate of drug-likeness (QED) is 0.357. The molecule has 0 unspecified atom stereocenters. The van der Waals surface area contributed by atoms with Gasteiger partial charge in [-0.3, -0.25) is 9.11 Å². The number of hydrogen-bond acceptors (Lipinski definition) is 1. The van der Waals surface area contributed by atoms with Gasteiger partial charge in [0.05, 0.1) is 0 Å². The van der Waals surface area contributed by atoms with Crippen LogP contribution in [0.3, 0.4) is 0 Å². The van der Waals surface area contributed by atoms with E-state index in [0.717, 1.165) is 0 Å². The van der Waals surface area contributed by atoms with E-state index in [4.69, 9.17) is 13.3 Å². The van der Waals surface area contributed by atoms with Gasteiger partial charge >= 0.3 is 154 Å². The molecule has 0 saturated carbocycles. The zero-order valence-electron chi connectivity index (χ0n) is 2.01. The van der Waals surface area contributed by atoms with Crippen LogP contribution >= 0.6 is 0 Å². The molecule has 0 aliphatic heterocycles. The number of hydrogen-bond donors (Lipinski definition) is 2. The molecule has 0 rings (SSSR count). The van der Waals surface area contributed by atoms with Crippen molar-refractivity contribution in [3.63, 3.8) is 0 Å². The van der Waals surface area contributed by atoms with Gasteiger partial charge in [-0.2, -0.15) is 4.21 Å². The van der Waals surface area contributed by atoms with Crippen LogP contribution in [0.25, 0.3) is 0 Å². The fourth-order valence-electron chi connectivity index (χ4n) is 0. The van der Waals surface area contributed by atoms with Crippen LogP contribution in [0.5, 0.6) is 0 Å². The predicted octanol–water partition coefficient (Wildman–Crippen LogP) is -2.27. The average molecular weight is 399 g/mol. The van der Waals surface area contributed by atoms with Crippen LogP contribution in [0.4, 0.5) is 0 Å². The van der Waals surface area contributed by atoms with Crippen LogP contribution in [-0.2, 0) is 33.7 Å². The normalized spacial score (nSPS) is 4.38. The van der Waals surface area contributed by atoms with Gasteiger partial charge in [-0.15, -0.1) is 0 Å². The predicted molar refractivity (Wildman–Crippen MR) is 34.8 cm³/mol. The Balaban J connectivity index is -0.00000000750. The van der Waals surface area contributed by atoms with Crippen LogP contribution in [-0.4, -0.2) is 167 Å². The van der Waals surface area contributed by atoms with Crippen molar-refractivity contribution >= 4 is 166 Å². The van der Waals surface area contributed by atoms with Gasteiger partial charge in [0.2, 0.25) is 0 Å². The van der Waals surface area contributed by atoms with E-state index >= 15 is 0 Å². The van der Waals surface area contributed by atoms with Crippen LogP contribution in [0, 0.1) is 0 Å². The Kier molecular flexibility index (Phi) is 83.9. The molecule has 8 heavy (non-hydrogen) atoms. The third-order valence-corrected chi connectivity index (χ3v) is 0. The number of rotatable bonds is 0. The molecule has 3 nitrogen and oxygen atoms in total. The second kappa shape index (κ2) is 23.0. The zero-order chi connectivity index (χ0) is 3.58. The summed E-state index contributed by atoms with van der Waals surface area (Å²) in [6.45, 7) is 0. The first-order valence-electron chi connectivity index (χ1n) is 0.532. The fraction of sp³-hybridized carbons (Fsp3) is 0. The molecule has 0 heterocycles. The molecule has 0 atom stereocenters. The van der Waals surface area contributed by atoms with Gasteiger partial charge in [0, 0.05) is 22.4 Å². The summed E-state index contributed by atoms with van der Waals surface area (Å²) in [5.74, 6) is 0. The van der Waals surface area contributed by atoms with E-state index in [9.17, 15) is 0 Å². The Bertz CT molecular complexity index is 37.5. The second-order valence-corrected chi connectivity index (χ2v) is 0.692. The van der Waals surface area contributed by atoms with Crippen molar-refractivity contribution in [2.75, 3.05) is 0 Å². The molecule has 0 aliphatic rings. The van der Waals surface area contributed by atoms with E-state index in [-0.39, 0.29) is 177 Å². The van der Waals surface area contributed by atoms with Crippen molar-refractivity contribution in [1.82, 2.24) is 0 Å². The molecule has 0 saturated heterocycles. The second-order valence-electron chi connectivity index (χ2n) is 0.231. The summed E-state index contributed by atoms with van der Waals surface area (Å²) in [7, 11) is 0. The van der Waals surface area contributed by atoms with Gasteiger partial charge in [0.1, 0.15) is 0 Å². The van der Waals surface area contributed by atoms with E-state index in [1.165, 1.54) is 0 Å². The van der Waals surface area contributed by atoms with Crippen molar-refractivity contribution in [3.8, 4) is 0 Å². The Morgan fingerprint density at radius 2 is 1.00 bits per heavy atom. The molecule has 0 aromatic carbocycles. The van der Waals surface area contributed by atoms with Gasteiger partial charge in [-0.1, -0.05) is 0 Å². The third kappa shape index (κ3) is 41.2. The van der Waals surface area contributed by atoms with Crippen LogP contribution in [0.15, 0.2) is 0 Å². The molecule has 0 spiro atoms. The van der Waals surface area contributed by atoms with Gasteiger partial charge < -0.3 is 0 Å². The molecular formula is H5AuK3O3S. The van der Waals surface area contributed by atoms with Gasteiger partial charge in [0.15, 0.2) is 0 Å². The minimum atomic E-state index is -2.61. The Morgan fingerprint density at radius 1 is 1.00 bits per heavy atom. The molecule has 0 aliphatic carbocycles. The molecule has 0 fully saturated rings. The summed E-state index contributed by atoms with van der Waals surface area (Å²) >= 11 is -2.61. The maximum atomic E-state index is 8.67. The zero-order valence-corrected chi connectivity index (χ0v) is 5.00. The Labute approximate surface area is 194 Å². The van der Waals surface area contributed by atoms with Crippen molar-refractivity contribution in [2.24, 2.45) is 0 Å². The Morgan fingerprint density at radius 3 is 1.00 bits per heavy atom. The SMILES string of the molecule is O=S(O)O.[Au].[KH].[KH].[KH]. The van der Waals surface area contributed by atoms with E-state index in [0.29, 0.717) is 0 Å². The van der Waals surface area contributed by atoms with Crippen LogP contribution < -0.4 is 0 Å². The molecule has 0 aromatic rings. The van der Waals surface area contributed by atoms with E-state index in [1.807, 2.05) is 0 Å². The van der Waals surface area contributed by atoms with Gasteiger partial charge in [-0.05, 0) is 0 Å². The first-order chi connectivity index (χ1) is 1.73. The molecule has 0 amide bonds. The minimum absolute atomic E-state index is 0. The van der Waals surface area contributed by atoms with E-state index in [2.05, 4.69) is 0 Å². The summed E-state index contributed by atoms with van der Waals surface area (Å²) in [5.41, 5.74) is 0. The molecule has 2 N–H and O–H groups in total. The van der Waals surface area contributed by atoms with Crippen molar-refractivity contribution in [1.29, 1.82) is 0 Å². The maximum absolute atomic E-state index is 8.67. The van der Waals surface area contributed by atoms with Crippen molar-refractivity contribution in [2.45, 2.75) is 0 Å². The van der Waals surface area contributed by atoms with Crippen LogP contribution in [0.2, 0.25) is 0 Å². The first kappa shape index (κ1) is 29.2. The third-order valence-electron chi connectivity index (χ3n) is 0. The standard InChI is InChI=1S/Au.3K.H2O3S.3H/c;;;;1-4(2)3;;;/h;;;;(H2,1,2,3);;;. The van der Waals surface area contributed by atoms with Crippen LogP contribution in [0.1, 0.15) is 0 Å². The molecule has 1 radical (unpaired) electrons. The molecular weight excluding hydrogens is 394 g/mol. The topological polar surface area (TPSA) is 57.5 Å². The summed E-state index contributed by atoms with van der Waals surface area (Å²) in [4.78, 5) is 0. The summed E-state index contributed by atoms with van der Waals surface area (Å²) in [6, 6.07) is 0. The van der Waals surface area contributed by atoms with Gasteiger partial charge in [-0.25, -0.2) is 0 Å². The molecule has 0 aromatic heterocycles.